The molecule has 8 heteroatoms. The number of nitro groups is 1. The highest BCUT2D eigenvalue weighted by molar-refractivity contribution is 5.73. The predicted octanol–water partition coefficient (Wildman–Crippen LogP) is 1.42. The molecule has 0 aliphatic heterocycles. The number of hydrogen-bond donors (Lipinski definition) is 2. The molecule has 1 aromatic carbocycles. The van der Waals surface area contributed by atoms with E-state index in [0.717, 1.165) is 12.1 Å². The molecule has 0 heterocycles. The highest BCUT2D eigenvalue weighted by Crippen LogP contribution is 2.19. The lowest BCUT2D eigenvalue weighted by atomic mass is 10.2. The second kappa shape index (κ2) is 6.53. The molecule has 2 N–H and O–H groups in total. The third kappa shape index (κ3) is 4.78. The summed E-state index contributed by atoms with van der Waals surface area (Å²) in [4.78, 5) is 22.5. The first-order valence-corrected chi connectivity index (χ1v) is 5.54. The van der Waals surface area contributed by atoms with Gasteiger partial charge in [0.15, 0.2) is 0 Å². The number of carbonyl (C=O) groups is 1. The van der Waals surface area contributed by atoms with E-state index in [1.54, 1.807) is 14.1 Å². The summed E-state index contributed by atoms with van der Waals surface area (Å²) in [6.45, 7) is 0.654. The maximum Gasteiger partial charge on any atom is 0.316 e. The van der Waals surface area contributed by atoms with E-state index < -0.39 is 10.7 Å². The molecule has 0 bridgehead atoms. The molecule has 0 unspecified atom stereocenters. The van der Waals surface area contributed by atoms with Gasteiger partial charge in [-0.2, -0.15) is 0 Å². The monoisotopic (exact) mass is 270 g/mol. The number of nitro benzene ring substituents is 1. The van der Waals surface area contributed by atoms with Crippen LogP contribution in [0.5, 0.6) is 0 Å². The zero-order valence-corrected chi connectivity index (χ0v) is 10.6. The highest BCUT2D eigenvalue weighted by atomic mass is 19.1. The van der Waals surface area contributed by atoms with Crippen LogP contribution >= 0.6 is 0 Å². The Hall–Kier alpha value is -2.38. The first kappa shape index (κ1) is 14.7. The normalized spacial score (nSPS) is 9.84. The van der Waals surface area contributed by atoms with Gasteiger partial charge in [0.05, 0.1) is 11.0 Å². The van der Waals surface area contributed by atoms with E-state index >= 15 is 0 Å². The Bertz CT molecular complexity index is 479. The number of rotatable bonds is 5. The standard InChI is InChI=1S/C11H15FN4O3/c1-15(2)11(17)14-4-3-13-9-5-8(12)6-10(7-9)16(18)19/h5-7,13H,3-4H2,1-2H3,(H,14,17). The van der Waals surface area contributed by atoms with Gasteiger partial charge in [0.25, 0.3) is 5.69 Å². The van der Waals surface area contributed by atoms with Crippen LogP contribution in [0.25, 0.3) is 0 Å². The van der Waals surface area contributed by atoms with E-state index in [1.165, 1.54) is 11.0 Å². The Balaban J connectivity index is 2.49. The highest BCUT2D eigenvalue weighted by Gasteiger charge is 2.09. The molecular weight excluding hydrogens is 255 g/mol. The zero-order chi connectivity index (χ0) is 14.4. The average Bonchev–Trinajstić information content (AvgIpc) is 2.33. The molecule has 2 amide bonds. The number of nitrogens with zero attached hydrogens (tertiary/aromatic N) is 2. The van der Waals surface area contributed by atoms with Crippen molar-refractivity contribution >= 4 is 17.4 Å². The van der Waals surface area contributed by atoms with Crippen molar-refractivity contribution in [2.45, 2.75) is 0 Å². The lowest BCUT2D eigenvalue weighted by Crippen LogP contribution is -2.37. The topological polar surface area (TPSA) is 87.5 Å². The van der Waals surface area contributed by atoms with Crippen LogP contribution in [0.15, 0.2) is 18.2 Å². The van der Waals surface area contributed by atoms with Gasteiger partial charge in [-0.1, -0.05) is 0 Å². The molecule has 0 aliphatic rings. The van der Waals surface area contributed by atoms with Crippen LogP contribution in [0.2, 0.25) is 0 Å². The maximum atomic E-state index is 13.1. The van der Waals surface area contributed by atoms with Gasteiger partial charge in [0.2, 0.25) is 0 Å². The molecule has 0 atom stereocenters. The van der Waals surface area contributed by atoms with Crippen LogP contribution in [0, 0.1) is 15.9 Å². The fraction of sp³-hybridized carbons (Fsp3) is 0.364. The molecule has 0 aromatic heterocycles. The first-order chi connectivity index (χ1) is 8.90. The van der Waals surface area contributed by atoms with Crippen molar-refractivity contribution in [3.8, 4) is 0 Å². The predicted molar refractivity (Wildman–Crippen MR) is 68.6 cm³/mol. The Morgan fingerprint density at radius 3 is 2.63 bits per heavy atom. The molecule has 0 fully saturated rings. The van der Waals surface area contributed by atoms with E-state index in [-0.39, 0.29) is 11.7 Å². The van der Waals surface area contributed by atoms with Crippen molar-refractivity contribution in [3.63, 3.8) is 0 Å². The van der Waals surface area contributed by atoms with Crippen LogP contribution in [0.1, 0.15) is 0 Å². The Morgan fingerprint density at radius 2 is 2.05 bits per heavy atom. The van der Waals surface area contributed by atoms with Gasteiger partial charge in [-0.05, 0) is 6.07 Å². The van der Waals surface area contributed by atoms with Crippen LogP contribution in [0.3, 0.4) is 0 Å². The van der Waals surface area contributed by atoms with Crippen molar-refractivity contribution in [1.82, 2.24) is 10.2 Å². The van der Waals surface area contributed by atoms with E-state index in [0.29, 0.717) is 18.8 Å². The van der Waals surface area contributed by atoms with E-state index in [1.807, 2.05) is 0 Å². The molecule has 1 aromatic rings. The summed E-state index contributed by atoms with van der Waals surface area (Å²) in [6.07, 6.45) is 0. The molecular formula is C11H15FN4O3. The van der Waals surface area contributed by atoms with E-state index in [2.05, 4.69) is 10.6 Å². The minimum Gasteiger partial charge on any atom is -0.383 e. The van der Waals surface area contributed by atoms with E-state index in [9.17, 15) is 19.3 Å². The van der Waals surface area contributed by atoms with Gasteiger partial charge in [-0.15, -0.1) is 0 Å². The number of urea groups is 1. The molecule has 0 radical (unpaired) electrons. The van der Waals surface area contributed by atoms with Gasteiger partial charge in [-0.25, -0.2) is 9.18 Å². The molecule has 0 spiro atoms. The summed E-state index contributed by atoms with van der Waals surface area (Å²) in [5.74, 6) is -0.686. The Labute approximate surface area is 109 Å². The van der Waals surface area contributed by atoms with Crippen LogP contribution in [-0.4, -0.2) is 43.0 Å². The minimum atomic E-state index is -0.686. The minimum absolute atomic E-state index is 0.243. The average molecular weight is 270 g/mol. The summed E-state index contributed by atoms with van der Waals surface area (Å²) in [7, 11) is 3.22. The Kier molecular flexibility index (Phi) is 5.04. The largest absolute Gasteiger partial charge is 0.383 e. The molecule has 0 aliphatic carbocycles. The molecule has 0 saturated heterocycles. The van der Waals surface area contributed by atoms with Gasteiger partial charge >= 0.3 is 6.03 Å². The van der Waals surface area contributed by atoms with Crippen molar-refractivity contribution in [2.75, 3.05) is 32.5 Å². The van der Waals surface area contributed by atoms with Crippen LogP contribution in [0.4, 0.5) is 20.6 Å². The number of anilines is 1. The second-order valence-corrected chi connectivity index (χ2v) is 4.01. The number of carbonyl (C=O) groups excluding carboxylic acids is 1. The molecule has 7 nitrogen and oxygen atoms in total. The number of non-ortho nitro benzene ring substituents is 1. The molecule has 0 saturated carbocycles. The maximum absolute atomic E-state index is 13.1. The van der Waals surface area contributed by atoms with Gasteiger partial charge in [0, 0.05) is 38.9 Å². The number of benzene rings is 1. The summed E-state index contributed by atoms with van der Waals surface area (Å²) in [5.41, 5.74) is -0.0226. The lowest BCUT2D eigenvalue weighted by molar-refractivity contribution is -0.385. The van der Waals surface area contributed by atoms with E-state index in [4.69, 9.17) is 0 Å². The van der Waals surface area contributed by atoms with Crippen molar-refractivity contribution in [2.24, 2.45) is 0 Å². The third-order valence-electron chi connectivity index (χ3n) is 2.23. The molecule has 1 rings (SSSR count). The third-order valence-corrected chi connectivity index (χ3v) is 2.23. The van der Waals surface area contributed by atoms with Crippen LogP contribution in [-0.2, 0) is 0 Å². The molecule has 19 heavy (non-hydrogen) atoms. The summed E-state index contributed by atoms with van der Waals surface area (Å²) >= 11 is 0. The van der Waals surface area contributed by atoms with Crippen molar-refractivity contribution in [3.05, 3.63) is 34.1 Å². The number of amides is 2. The SMILES string of the molecule is CN(C)C(=O)NCCNc1cc(F)cc([N+](=O)[O-])c1. The van der Waals surface area contributed by atoms with Gasteiger partial charge in [-0.3, -0.25) is 10.1 Å². The zero-order valence-electron chi connectivity index (χ0n) is 10.6. The fourth-order valence-corrected chi connectivity index (χ4v) is 1.32. The summed E-state index contributed by atoms with van der Waals surface area (Å²) in [5, 5.41) is 15.9. The number of hydrogen-bond acceptors (Lipinski definition) is 4. The fourth-order valence-electron chi connectivity index (χ4n) is 1.32. The quantitative estimate of drug-likeness (QED) is 0.481. The summed E-state index contributed by atoms with van der Waals surface area (Å²) in [6, 6.07) is 2.99. The Morgan fingerprint density at radius 1 is 1.37 bits per heavy atom. The smallest absolute Gasteiger partial charge is 0.316 e. The van der Waals surface area contributed by atoms with Gasteiger partial charge in [0.1, 0.15) is 5.82 Å². The lowest BCUT2D eigenvalue weighted by Gasteiger charge is -2.12. The van der Waals surface area contributed by atoms with Gasteiger partial charge < -0.3 is 15.5 Å². The first-order valence-electron chi connectivity index (χ1n) is 5.54. The van der Waals surface area contributed by atoms with Crippen molar-refractivity contribution < 1.29 is 14.1 Å². The van der Waals surface area contributed by atoms with Crippen molar-refractivity contribution in [1.29, 1.82) is 0 Å². The summed E-state index contributed by atoms with van der Waals surface area (Å²) < 4.78 is 13.1. The second-order valence-electron chi connectivity index (χ2n) is 4.01. The number of halogens is 1. The molecule has 104 valence electrons. The van der Waals surface area contributed by atoms with Crippen LogP contribution < -0.4 is 10.6 Å². The number of nitrogens with one attached hydrogen (secondary N) is 2.